The maximum absolute atomic E-state index is 14.1. The average molecular weight is 323 g/mol. The van der Waals surface area contributed by atoms with Gasteiger partial charge in [0.25, 0.3) is 0 Å². The van der Waals surface area contributed by atoms with E-state index in [0.717, 1.165) is 53.8 Å². The molecule has 1 aliphatic rings. The smallest absolute Gasteiger partial charge is 0.126 e. The van der Waals surface area contributed by atoms with E-state index in [0.29, 0.717) is 6.04 Å². The van der Waals surface area contributed by atoms with Gasteiger partial charge in [-0.15, -0.1) is 0 Å². The number of hydrogen-bond donors (Lipinski definition) is 2. The van der Waals surface area contributed by atoms with Gasteiger partial charge < -0.3 is 15.2 Å². The Kier molecular flexibility index (Phi) is 3.98. The fraction of sp³-hybridized carbons (Fsp3) is 0.300. The number of piperidine rings is 1. The third-order valence-electron chi connectivity index (χ3n) is 4.86. The van der Waals surface area contributed by atoms with Gasteiger partial charge in [-0.3, -0.25) is 0 Å². The summed E-state index contributed by atoms with van der Waals surface area (Å²) in [7, 11) is 2.15. The van der Waals surface area contributed by atoms with Crippen LogP contribution in [0.4, 0.5) is 10.1 Å². The minimum atomic E-state index is -0.198. The number of H-pyrrole nitrogens is 1. The fourth-order valence-electron chi connectivity index (χ4n) is 3.47. The maximum Gasteiger partial charge on any atom is 0.126 e. The van der Waals surface area contributed by atoms with Gasteiger partial charge in [0.2, 0.25) is 0 Å². The van der Waals surface area contributed by atoms with E-state index < -0.39 is 0 Å². The Morgan fingerprint density at radius 2 is 1.83 bits per heavy atom. The molecule has 1 aromatic heterocycles. The van der Waals surface area contributed by atoms with Crippen molar-refractivity contribution >= 4 is 16.6 Å². The first-order valence-electron chi connectivity index (χ1n) is 8.52. The van der Waals surface area contributed by atoms with E-state index in [1.807, 2.05) is 24.3 Å². The molecular weight excluding hydrogens is 301 g/mol. The standard InChI is InChI=1S/C20H22FN3/c1-24-9-7-17(8-10-24)22-19-13-16(21)11-15-12-18(23-20(15)19)14-5-3-2-4-6-14/h2-6,11-13,17,22-23H,7-10H2,1H3. The number of halogens is 1. The lowest BCUT2D eigenvalue weighted by Gasteiger charge is -2.30. The van der Waals surface area contributed by atoms with E-state index in [2.05, 4.69) is 34.4 Å². The van der Waals surface area contributed by atoms with Crippen molar-refractivity contribution in [1.29, 1.82) is 0 Å². The van der Waals surface area contributed by atoms with Gasteiger partial charge >= 0.3 is 0 Å². The van der Waals surface area contributed by atoms with E-state index in [9.17, 15) is 4.39 Å². The van der Waals surface area contributed by atoms with Gasteiger partial charge in [-0.2, -0.15) is 0 Å². The lowest BCUT2D eigenvalue weighted by molar-refractivity contribution is 0.264. The van der Waals surface area contributed by atoms with Crippen LogP contribution < -0.4 is 5.32 Å². The quantitative estimate of drug-likeness (QED) is 0.744. The second-order valence-corrected chi connectivity index (χ2v) is 6.69. The third-order valence-corrected chi connectivity index (χ3v) is 4.86. The van der Waals surface area contributed by atoms with Crippen molar-refractivity contribution < 1.29 is 4.39 Å². The monoisotopic (exact) mass is 323 g/mol. The molecule has 0 amide bonds. The fourth-order valence-corrected chi connectivity index (χ4v) is 3.47. The van der Waals surface area contributed by atoms with Crippen LogP contribution in [0.3, 0.4) is 0 Å². The first kappa shape index (κ1) is 15.2. The molecular formula is C20H22FN3. The van der Waals surface area contributed by atoms with Crippen LogP contribution in [-0.4, -0.2) is 36.1 Å². The molecule has 0 bridgehead atoms. The Hall–Kier alpha value is -2.33. The van der Waals surface area contributed by atoms with Gasteiger partial charge in [0, 0.05) is 17.1 Å². The van der Waals surface area contributed by atoms with E-state index in [1.54, 1.807) is 12.1 Å². The molecule has 3 nitrogen and oxygen atoms in total. The van der Waals surface area contributed by atoms with Gasteiger partial charge in [0.15, 0.2) is 0 Å². The minimum absolute atomic E-state index is 0.198. The van der Waals surface area contributed by atoms with Gasteiger partial charge in [-0.1, -0.05) is 30.3 Å². The summed E-state index contributed by atoms with van der Waals surface area (Å²) in [5.41, 5.74) is 3.97. The highest BCUT2D eigenvalue weighted by Crippen LogP contribution is 2.31. The molecule has 0 unspecified atom stereocenters. The molecule has 1 aliphatic heterocycles. The normalized spacial score (nSPS) is 16.6. The highest BCUT2D eigenvalue weighted by Gasteiger charge is 2.18. The van der Waals surface area contributed by atoms with Crippen LogP contribution in [-0.2, 0) is 0 Å². The van der Waals surface area contributed by atoms with Crippen LogP contribution in [0.1, 0.15) is 12.8 Å². The van der Waals surface area contributed by atoms with Gasteiger partial charge in [0.1, 0.15) is 5.82 Å². The number of aromatic nitrogens is 1. The SMILES string of the molecule is CN1CCC(Nc2cc(F)cc3cc(-c4ccccc4)[nH]c23)CC1. The molecule has 2 N–H and O–H groups in total. The zero-order chi connectivity index (χ0) is 16.5. The lowest BCUT2D eigenvalue weighted by Crippen LogP contribution is -2.36. The Labute approximate surface area is 141 Å². The number of benzene rings is 2. The summed E-state index contributed by atoms with van der Waals surface area (Å²) in [6.07, 6.45) is 2.17. The molecule has 0 aliphatic carbocycles. The number of likely N-dealkylation sites (tertiary alicyclic amines) is 1. The molecule has 124 valence electrons. The van der Waals surface area contributed by atoms with Crippen LogP contribution >= 0.6 is 0 Å². The average Bonchev–Trinajstić information content (AvgIpc) is 3.02. The maximum atomic E-state index is 14.1. The summed E-state index contributed by atoms with van der Waals surface area (Å²) in [6, 6.07) is 15.8. The molecule has 1 fully saturated rings. The molecule has 0 spiro atoms. The highest BCUT2D eigenvalue weighted by molar-refractivity contribution is 5.95. The molecule has 24 heavy (non-hydrogen) atoms. The lowest BCUT2D eigenvalue weighted by atomic mass is 10.0. The molecule has 0 radical (unpaired) electrons. The van der Waals surface area contributed by atoms with Crippen LogP contribution in [0, 0.1) is 5.82 Å². The Morgan fingerprint density at radius 1 is 1.08 bits per heavy atom. The molecule has 4 heteroatoms. The highest BCUT2D eigenvalue weighted by atomic mass is 19.1. The van der Waals surface area contributed by atoms with Crippen molar-refractivity contribution in [1.82, 2.24) is 9.88 Å². The van der Waals surface area contributed by atoms with Gasteiger partial charge in [-0.05, 0) is 56.7 Å². The number of aromatic amines is 1. The molecule has 0 atom stereocenters. The molecule has 2 aromatic carbocycles. The first-order chi connectivity index (χ1) is 11.7. The van der Waals surface area contributed by atoms with Crippen LogP contribution in [0.25, 0.3) is 22.2 Å². The second kappa shape index (κ2) is 6.29. The molecule has 2 heterocycles. The summed E-state index contributed by atoms with van der Waals surface area (Å²) in [6.45, 7) is 2.16. The van der Waals surface area contributed by atoms with E-state index >= 15 is 0 Å². The summed E-state index contributed by atoms with van der Waals surface area (Å²) in [4.78, 5) is 5.80. The van der Waals surface area contributed by atoms with Crippen molar-refractivity contribution in [2.45, 2.75) is 18.9 Å². The molecule has 4 rings (SSSR count). The zero-order valence-corrected chi connectivity index (χ0v) is 13.8. The van der Waals surface area contributed by atoms with Crippen molar-refractivity contribution in [3.05, 3.63) is 54.3 Å². The van der Waals surface area contributed by atoms with Crippen molar-refractivity contribution in [2.75, 3.05) is 25.5 Å². The molecule has 3 aromatic rings. The first-order valence-corrected chi connectivity index (χ1v) is 8.52. The van der Waals surface area contributed by atoms with Gasteiger partial charge in [0.05, 0.1) is 11.2 Å². The predicted octanol–water partition coefficient (Wildman–Crippen LogP) is 4.48. The number of rotatable bonds is 3. The second-order valence-electron chi connectivity index (χ2n) is 6.69. The number of nitrogens with one attached hydrogen (secondary N) is 2. The van der Waals surface area contributed by atoms with E-state index in [1.165, 1.54) is 0 Å². The molecule has 1 saturated heterocycles. The molecule has 0 saturated carbocycles. The van der Waals surface area contributed by atoms with Gasteiger partial charge in [-0.25, -0.2) is 4.39 Å². The Morgan fingerprint density at radius 3 is 2.58 bits per heavy atom. The Bertz CT molecular complexity index is 833. The van der Waals surface area contributed by atoms with Crippen LogP contribution in [0.5, 0.6) is 0 Å². The summed E-state index contributed by atoms with van der Waals surface area (Å²) < 4.78 is 14.1. The van der Waals surface area contributed by atoms with Crippen molar-refractivity contribution in [3.63, 3.8) is 0 Å². The largest absolute Gasteiger partial charge is 0.380 e. The topological polar surface area (TPSA) is 31.1 Å². The van der Waals surface area contributed by atoms with E-state index in [-0.39, 0.29) is 5.82 Å². The van der Waals surface area contributed by atoms with E-state index in [4.69, 9.17) is 0 Å². The number of hydrogen-bond acceptors (Lipinski definition) is 2. The Balaban J connectivity index is 1.68. The summed E-state index contributed by atoms with van der Waals surface area (Å²) >= 11 is 0. The third kappa shape index (κ3) is 3.02. The number of nitrogens with zero attached hydrogens (tertiary/aromatic N) is 1. The summed E-state index contributed by atoms with van der Waals surface area (Å²) in [5.74, 6) is -0.198. The predicted molar refractivity (Wildman–Crippen MR) is 97.8 cm³/mol. The zero-order valence-electron chi connectivity index (χ0n) is 13.8. The van der Waals surface area contributed by atoms with Crippen molar-refractivity contribution in [2.24, 2.45) is 0 Å². The number of anilines is 1. The number of fused-ring (bicyclic) bond motifs is 1. The minimum Gasteiger partial charge on any atom is -0.380 e. The van der Waals surface area contributed by atoms with Crippen LogP contribution in [0.2, 0.25) is 0 Å². The summed E-state index contributed by atoms with van der Waals surface area (Å²) in [5, 5.41) is 4.46. The van der Waals surface area contributed by atoms with Crippen LogP contribution in [0.15, 0.2) is 48.5 Å². The van der Waals surface area contributed by atoms with Crippen molar-refractivity contribution in [3.8, 4) is 11.3 Å².